The second kappa shape index (κ2) is 7.64. The lowest BCUT2D eigenvalue weighted by Gasteiger charge is -2.47. The number of carbonyl (C=O) groups is 1. The minimum absolute atomic E-state index is 0.171. The van der Waals surface area contributed by atoms with E-state index in [1.165, 1.54) is 58.3 Å². The van der Waals surface area contributed by atoms with Crippen molar-refractivity contribution in [2.75, 3.05) is 5.33 Å². The van der Waals surface area contributed by atoms with Gasteiger partial charge in [0, 0.05) is 0 Å². The number of carbonyl (C=O) groups excluding carboxylic acids is 1. The maximum Gasteiger partial charge on any atom is 0.140 e. The third-order valence-corrected chi connectivity index (χ3v) is 6.82. The van der Waals surface area contributed by atoms with Gasteiger partial charge in [-0.15, -0.1) is 0 Å². The molecule has 3 aliphatic rings. The molecule has 3 rings (SSSR count). The Hall–Kier alpha value is -0.110. The standard InChI is InChI=1S/C17H28.C3H5BrO/c1-12-5-4-6-16-14(12)8-7-13-11-17(2,3)10-9-15(13)16;1-3(5)2-4/h12-13,15H,4-11H2,1-3H3;2H2,1H3. The van der Waals surface area contributed by atoms with Gasteiger partial charge in [-0.05, 0) is 81.5 Å². The second-order valence-electron chi connectivity index (χ2n) is 8.49. The summed E-state index contributed by atoms with van der Waals surface area (Å²) in [6.45, 7) is 8.98. The molecule has 0 heterocycles. The second-order valence-corrected chi connectivity index (χ2v) is 9.05. The molecule has 0 bridgehead atoms. The lowest BCUT2D eigenvalue weighted by molar-refractivity contribution is -0.114. The molecule has 3 atom stereocenters. The lowest BCUT2D eigenvalue weighted by atomic mass is 9.58. The van der Waals surface area contributed by atoms with E-state index in [1.54, 1.807) is 0 Å². The zero-order chi connectivity index (χ0) is 16.3. The van der Waals surface area contributed by atoms with Crippen LogP contribution in [0.15, 0.2) is 11.1 Å². The van der Waals surface area contributed by atoms with Crippen molar-refractivity contribution in [1.82, 2.24) is 0 Å². The molecule has 126 valence electrons. The van der Waals surface area contributed by atoms with E-state index in [-0.39, 0.29) is 5.78 Å². The van der Waals surface area contributed by atoms with Crippen molar-refractivity contribution in [3.05, 3.63) is 11.1 Å². The molecule has 22 heavy (non-hydrogen) atoms. The Labute approximate surface area is 145 Å². The maximum absolute atomic E-state index is 9.77. The predicted octanol–water partition coefficient (Wildman–Crippen LogP) is 6.31. The van der Waals surface area contributed by atoms with Gasteiger partial charge in [0.05, 0.1) is 5.33 Å². The van der Waals surface area contributed by atoms with Crippen LogP contribution in [-0.4, -0.2) is 11.1 Å². The summed E-state index contributed by atoms with van der Waals surface area (Å²) in [5.41, 5.74) is 4.46. The molecule has 0 N–H and O–H groups in total. The van der Waals surface area contributed by atoms with E-state index in [4.69, 9.17) is 0 Å². The van der Waals surface area contributed by atoms with Gasteiger partial charge in [0.1, 0.15) is 5.78 Å². The number of fused-ring (bicyclic) bond motifs is 2. The number of alkyl halides is 1. The number of hydrogen-bond donors (Lipinski definition) is 0. The van der Waals surface area contributed by atoms with Crippen molar-refractivity contribution < 1.29 is 4.79 Å². The molecule has 0 aliphatic heterocycles. The average molecular weight is 369 g/mol. The molecule has 0 amide bonds. The van der Waals surface area contributed by atoms with Crippen molar-refractivity contribution in [2.45, 2.75) is 79.1 Å². The van der Waals surface area contributed by atoms with E-state index in [1.807, 2.05) is 11.1 Å². The summed E-state index contributed by atoms with van der Waals surface area (Å²) in [5, 5.41) is 0.479. The minimum atomic E-state index is 0.171. The zero-order valence-corrected chi connectivity index (χ0v) is 16.5. The van der Waals surface area contributed by atoms with E-state index in [9.17, 15) is 4.79 Å². The fourth-order valence-corrected chi connectivity index (χ4v) is 4.92. The van der Waals surface area contributed by atoms with Gasteiger partial charge < -0.3 is 0 Å². The van der Waals surface area contributed by atoms with Gasteiger partial charge >= 0.3 is 0 Å². The fraction of sp³-hybridized carbons (Fsp3) is 0.850. The Kier molecular flexibility index (Phi) is 6.33. The summed E-state index contributed by atoms with van der Waals surface area (Å²) in [5.74, 6) is 3.11. The Morgan fingerprint density at radius 2 is 1.86 bits per heavy atom. The van der Waals surface area contributed by atoms with E-state index in [0.717, 1.165) is 17.8 Å². The summed E-state index contributed by atoms with van der Waals surface area (Å²) in [6.07, 6.45) is 11.7. The molecule has 1 nitrogen and oxygen atoms in total. The molecular formula is C20H33BrO. The van der Waals surface area contributed by atoms with Gasteiger partial charge in [0.2, 0.25) is 0 Å². The third kappa shape index (κ3) is 4.46. The third-order valence-electron chi connectivity index (χ3n) is 6.03. The van der Waals surface area contributed by atoms with E-state index in [2.05, 4.69) is 36.7 Å². The molecule has 0 radical (unpaired) electrons. The molecule has 0 spiro atoms. The van der Waals surface area contributed by atoms with Crippen molar-refractivity contribution in [2.24, 2.45) is 23.2 Å². The summed E-state index contributed by atoms with van der Waals surface area (Å²) >= 11 is 2.96. The first kappa shape index (κ1) is 18.2. The molecule has 0 saturated heterocycles. The Balaban J connectivity index is 0.000000309. The number of rotatable bonds is 1. The molecule has 3 unspecified atom stereocenters. The largest absolute Gasteiger partial charge is 0.299 e. The average Bonchev–Trinajstić information content (AvgIpc) is 2.46. The predicted molar refractivity (Wildman–Crippen MR) is 98.4 cm³/mol. The Morgan fingerprint density at radius 1 is 1.18 bits per heavy atom. The zero-order valence-electron chi connectivity index (χ0n) is 14.9. The Bertz CT molecular complexity index is 435. The fourth-order valence-electron chi connectivity index (χ4n) is 4.92. The smallest absolute Gasteiger partial charge is 0.140 e. The van der Waals surface area contributed by atoms with Crippen molar-refractivity contribution in [3.8, 4) is 0 Å². The van der Waals surface area contributed by atoms with Crippen molar-refractivity contribution in [1.29, 1.82) is 0 Å². The van der Waals surface area contributed by atoms with Crippen LogP contribution in [0, 0.1) is 23.2 Å². The molecule has 3 aliphatic carbocycles. The van der Waals surface area contributed by atoms with Crippen LogP contribution in [0.25, 0.3) is 0 Å². The normalized spacial score (nSPS) is 33.2. The first-order chi connectivity index (χ1) is 10.3. The van der Waals surface area contributed by atoms with Crippen LogP contribution in [0.2, 0.25) is 0 Å². The van der Waals surface area contributed by atoms with Gasteiger partial charge in [-0.2, -0.15) is 0 Å². The molecule has 2 heteroatoms. The topological polar surface area (TPSA) is 17.1 Å². The first-order valence-corrected chi connectivity index (χ1v) is 10.2. The highest BCUT2D eigenvalue weighted by Gasteiger charge is 2.40. The number of hydrogen-bond acceptors (Lipinski definition) is 1. The van der Waals surface area contributed by atoms with Gasteiger partial charge in [-0.1, -0.05) is 47.8 Å². The molecule has 0 aromatic carbocycles. The highest BCUT2D eigenvalue weighted by molar-refractivity contribution is 9.09. The van der Waals surface area contributed by atoms with Crippen LogP contribution in [0.1, 0.15) is 79.1 Å². The van der Waals surface area contributed by atoms with Crippen LogP contribution < -0.4 is 0 Å². The van der Waals surface area contributed by atoms with Crippen LogP contribution in [0.5, 0.6) is 0 Å². The maximum atomic E-state index is 9.77. The number of Topliss-reactive ketones (excluding diaryl/α,β-unsaturated/α-hetero) is 1. The van der Waals surface area contributed by atoms with Crippen LogP contribution in [-0.2, 0) is 4.79 Å². The molecule has 1 fully saturated rings. The lowest BCUT2D eigenvalue weighted by Crippen LogP contribution is -2.35. The number of halogens is 1. The first-order valence-electron chi connectivity index (χ1n) is 9.11. The summed E-state index contributed by atoms with van der Waals surface area (Å²) in [7, 11) is 0. The summed E-state index contributed by atoms with van der Waals surface area (Å²) < 4.78 is 0. The van der Waals surface area contributed by atoms with Crippen molar-refractivity contribution >= 4 is 21.7 Å². The van der Waals surface area contributed by atoms with E-state index in [0.29, 0.717) is 10.7 Å². The molecular weight excluding hydrogens is 336 g/mol. The molecule has 1 saturated carbocycles. The van der Waals surface area contributed by atoms with Crippen LogP contribution in [0.3, 0.4) is 0 Å². The molecule has 0 aromatic rings. The quantitative estimate of drug-likeness (QED) is 0.391. The van der Waals surface area contributed by atoms with Crippen molar-refractivity contribution in [3.63, 3.8) is 0 Å². The highest BCUT2D eigenvalue weighted by Crippen LogP contribution is 2.53. The number of allylic oxidation sites excluding steroid dienone is 2. The Morgan fingerprint density at radius 3 is 2.50 bits per heavy atom. The van der Waals surface area contributed by atoms with E-state index >= 15 is 0 Å². The molecule has 0 aromatic heterocycles. The van der Waals surface area contributed by atoms with Gasteiger partial charge in [0.25, 0.3) is 0 Å². The summed E-state index contributed by atoms with van der Waals surface area (Å²) in [4.78, 5) is 9.77. The SMILES string of the molecule is CC(=O)CBr.CC1CCCC2=C1CCC1CC(C)(C)CCC21. The van der Waals surface area contributed by atoms with Gasteiger partial charge in [0.15, 0.2) is 0 Å². The minimum Gasteiger partial charge on any atom is -0.299 e. The van der Waals surface area contributed by atoms with Gasteiger partial charge in [-0.3, -0.25) is 4.79 Å². The summed E-state index contributed by atoms with van der Waals surface area (Å²) in [6, 6.07) is 0. The highest BCUT2D eigenvalue weighted by atomic mass is 79.9. The van der Waals surface area contributed by atoms with Crippen LogP contribution >= 0.6 is 15.9 Å². The monoisotopic (exact) mass is 368 g/mol. The van der Waals surface area contributed by atoms with E-state index < -0.39 is 0 Å². The van der Waals surface area contributed by atoms with Crippen LogP contribution in [0.4, 0.5) is 0 Å². The van der Waals surface area contributed by atoms with Gasteiger partial charge in [-0.25, -0.2) is 0 Å². The number of ketones is 1.